The molecule has 0 saturated carbocycles. The van der Waals surface area contributed by atoms with E-state index in [4.69, 9.17) is 9.84 Å². The number of alkyl carbamates (subject to hydrolysis) is 1. The molecular weight excluding hydrogens is 355 g/mol. The van der Waals surface area contributed by atoms with E-state index in [1.54, 1.807) is 20.8 Å². The van der Waals surface area contributed by atoms with E-state index in [0.29, 0.717) is 0 Å². The van der Waals surface area contributed by atoms with Crippen LogP contribution in [0.5, 0.6) is 0 Å². The zero-order valence-electron chi connectivity index (χ0n) is 14.3. The molecule has 0 saturated heterocycles. The van der Waals surface area contributed by atoms with Crippen molar-refractivity contribution in [3.8, 4) is 0 Å². The largest absolute Gasteiger partial charge is 0.478 e. The van der Waals surface area contributed by atoms with Crippen molar-refractivity contribution in [2.75, 3.05) is 13.1 Å². The number of benzene rings is 1. The minimum Gasteiger partial charge on any atom is -0.478 e. The predicted molar refractivity (Wildman–Crippen MR) is 87.5 cm³/mol. The molecule has 0 spiro atoms. The second-order valence-corrected chi connectivity index (χ2v) is 8.00. The minimum absolute atomic E-state index is 0.0416. The van der Waals surface area contributed by atoms with Crippen LogP contribution in [-0.4, -0.2) is 44.3 Å². The monoisotopic (exact) mass is 376 g/mol. The summed E-state index contributed by atoms with van der Waals surface area (Å²) in [5.41, 5.74) is -1.51. The Labute approximate surface area is 145 Å². The zero-order chi connectivity index (χ0) is 19.4. The molecule has 1 aromatic rings. The quantitative estimate of drug-likeness (QED) is 0.649. The highest BCUT2D eigenvalue weighted by atomic mass is 32.2. The number of hydrogen-bond donors (Lipinski definition) is 3. The van der Waals surface area contributed by atoms with Gasteiger partial charge in [-0.3, -0.25) is 0 Å². The molecule has 1 amide bonds. The lowest BCUT2D eigenvalue weighted by Crippen LogP contribution is -2.37. The van der Waals surface area contributed by atoms with Crippen LogP contribution < -0.4 is 10.0 Å². The Bertz CT molecular complexity index is 771. The third-order valence-electron chi connectivity index (χ3n) is 2.85. The molecule has 0 aliphatic heterocycles. The van der Waals surface area contributed by atoms with Crippen LogP contribution in [0.2, 0.25) is 0 Å². The van der Waals surface area contributed by atoms with Gasteiger partial charge >= 0.3 is 12.1 Å². The number of carboxylic acids is 1. The molecule has 0 aliphatic carbocycles. The fraction of sp³-hybridized carbons (Fsp3) is 0.467. The molecule has 0 aromatic heterocycles. The van der Waals surface area contributed by atoms with Gasteiger partial charge in [-0.25, -0.2) is 27.1 Å². The number of sulfonamides is 1. The first kappa shape index (κ1) is 20.8. The highest BCUT2D eigenvalue weighted by molar-refractivity contribution is 7.89. The number of carbonyl (C=O) groups excluding carboxylic acids is 1. The molecule has 140 valence electrons. The topological polar surface area (TPSA) is 122 Å². The smallest absolute Gasteiger partial charge is 0.407 e. The Morgan fingerprint density at radius 1 is 1.24 bits per heavy atom. The lowest BCUT2D eigenvalue weighted by atomic mass is 10.1. The van der Waals surface area contributed by atoms with Gasteiger partial charge in [-0.15, -0.1) is 0 Å². The maximum Gasteiger partial charge on any atom is 0.407 e. The van der Waals surface area contributed by atoms with E-state index in [0.717, 1.165) is 12.1 Å². The van der Waals surface area contributed by atoms with Gasteiger partial charge < -0.3 is 15.2 Å². The molecular formula is C15H21FN2O6S. The highest BCUT2D eigenvalue weighted by Crippen LogP contribution is 2.19. The van der Waals surface area contributed by atoms with Crippen molar-refractivity contribution in [2.24, 2.45) is 0 Å². The highest BCUT2D eigenvalue weighted by Gasteiger charge is 2.21. The molecule has 25 heavy (non-hydrogen) atoms. The number of carbonyl (C=O) groups is 2. The number of hydrogen-bond acceptors (Lipinski definition) is 5. The number of halogens is 1. The Morgan fingerprint density at radius 3 is 2.36 bits per heavy atom. The van der Waals surface area contributed by atoms with E-state index in [9.17, 15) is 22.4 Å². The van der Waals surface area contributed by atoms with Gasteiger partial charge in [0.15, 0.2) is 0 Å². The van der Waals surface area contributed by atoms with Crippen molar-refractivity contribution in [1.82, 2.24) is 10.0 Å². The lowest BCUT2D eigenvalue weighted by molar-refractivity contribution is 0.0528. The molecule has 0 bridgehead atoms. The van der Waals surface area contributed by atoms with E-state index in [1.807, 2.05) is 0 Å². The average molecular weight is 376 g/mol. The van der Waals surface area contributed by atoms with Crippen LogP contribution >= 0.6 is 0 Å². The lowest BCUT2D eigenvalue weighted by Gasteiger charge is -2.19. The van der Waals surface area contributed by atoms with Gasteiger partial charge in [-0.05, 0) is 45.4 Å². The maximum absolute atomic E-state index is 13.7. The molecule has 0 atom stereocenters. The predicted octanol–water partition coefficient (Wildman–Crippen LogP) is 1.64. The van der Waals surface area contributed by atoms with E-state index in [2.05, 4.69) is 10.0 Å². The average Bonchev–Trinajstić information content (AvgIpc) is 2.44. The standard InChI is InChI=1S/C15H21FN2O6S/c1-9-7-10(8-11(12(9)16)13(19)20)25(22,23)18-6-5-17-14(21)24-15(2,3)4/h7-8,18H,5-6H2,1-4H3,(H,17,21)(H,19,20). The summed E-state index contributed by atoms with van der Waals surface area (Å²) in [7, 11) is -4.06. The van der Waals surface area contributed by atoms with Gasteiger partial charge in [0.1, 0.15) is 11.4 Å². The van der Waals surface area contributed by atoms with Gasteiger partial charge in [0, 0.05) is 13.1 Å². The first-order chi connectivity index (χ1) is 11.3. The summed E-state index contributed by atoms with van der Waals surface area (Å²) >= 11 is 0. The normalized spacial score (nSPS) is 11.9. The summed E-state index contributed by atoms with van der Waals surface area (Å²) in [6.07, 6.45) is -0.697. The van der Waals surface area contributed by atoms with Crippen LogP contribution in [0.25, 0.3) is 0 Å². The Hall–Kier alpha value is -2.20. The molecule has 0 aliphatic rings. The van der Waals surface area contributed by atoms with Crippen molar-refractivity contribution >= 4 is 22.1 Å². The second-order valence-electron chi connectivity index (χ2n) is 6.23. The van der Waals surface area contributed by atoms with Crippen molar-refractivity contribution in [3.05, 3.63) is 29.1 Å². The van der Waals surface area contributed by atoms with Crippen molar-refractivity contribution in [2.45, 2.75) is 38.2 Å². The van der Waals surface area contributed by atoms with Crippen LogP contribution in [-0.2, 0) is 14.8 Å². The molecule has 0 fully saturated rings. The van der Waals surface area contributed by atoms with Crippen LogP contribution in [0, 0.1) is 12.7 Å². The number of carboxylic acid groups (broad SMARTS) is 1. The third-order valence-corrected chi connectivity index (χ3v) is 4.29. The molecule has 0 radical (unpaired) electrons. The summed E-state index contributed by atoms with van der Waals surface area (Å²) in [6, 6.07) is 1.78. The van der Waals surface area contributed by atoms with Crippen LogP contribution in [0.3, 0.4) is 0 Å². The van der Waals surface area contributed by atoms with E-state index < -0.39 is 39.1 Å². The van der Waals surface area contributed by atoms with Crippen molar-refractivity contribution in [1.29, 1.82) is 0 Å². The zero-order valence-corrected chi connectivity index (χ0v) is 15.2. The van der Waals surface area contributed by atoms with Crippen LogP contribution in [0.4, 0.5) is 9.18 Å². The van der Waals surface area contributed by atoms with E-state index in [1.165, 1.54) is 6.92 Å². The fourth-order valence-corrected chi connectivity index (χ4v) is 2.94. The van der Waals surface area contributed by atoms with Crippen LogP contribution in [0.15, 0.2) is 17.0 Å². The summed E-state index contributed by atoms with van der Waals surface area (Å²) in [6.45, 7) is 6.13. The molecule has 8 nitrogen and oxygen atoms in total. The number of amides is 1. The Kier molecular flexibility index (Phi) is 6.49. The van der Waals surface area contributed by atoms with Gasteiger partial charge in [0.05, 0.1) is 10.5 Å². The fourth-order valence-electron chi connectivity index (χ4n) is 1.79. The summed E-state index contributed by atoms with van der Waals surface area (Å²) < 4.78 is 45.2. The first-order valence-corrected chi connectivity index (χ1v) is 8.82. The summed E-state index contributed by atoms with van der Waals surface area (Å²) in [5.74, 6) is -2.55. The van der Waals surface area contributed by atoms with Crippen molar-refractivity contribution < 1.29 is 32.2 Å². The SMILES string of the molecule is Cc1cc(S(=O)(=O)NCCNC(=O)OC(C)(C)C)cc(C(=O)O)c1F. The third kappa shape index (κ3) is 6.31. The number of aryl methyl sites for hydroxylation is 1. The minimum atomic E-state index is -4.06. The molecule has 1 rings (SSSR count). The Morgan fingerprint density at radius 2 is 1.84 bits per heavy atom. The van der Waals surface area contributed by atoms with E-state index in [-0.39, 0.29) is 23.5 Å². The molecule has 0 unspecified atom stereocenters. The van der Waals surface area contributed by atoms with Gasteiger partial charge in [-0.2, -0.15) is 0 Å². The molecule has 1 aromatic carbocycles. The number of nitrogens with one attached hydrogen (secondary N) is 2. The second kappa shape index (κ2) is 7.79. The number of ether oxygens (including phenoxy) is 1. The van der Waals surface area contributed by atoms with E-state index >= 15 is 0 Å². The molecule has 3 N–H and O–H groups in total. The van der Waals surface area contributed by atoms with Crippen LogP contribution in [0.1, 0.15) is 36.7 Å². The summed E-state index contributed by atoms with van der Waals surface area (Å²) in [5, 5.41) is 11.3. The molecule has 10 heteroatoms. The van der Waals surface area contributed by atoms with Gasteiger partial charge in [0.2, 0.25) is 10.0 Å². The number of rotatable bonds is 6. The van der Waals surface area contributed by atoms with Gasteiger partial charge in [-0.1, -0.05) is 0 Å². The Balaban J connectivity index is 2.74. The first-order valence-electron chi connectivity index (χ1n) is 7.33. The number of aromatic carboxylic acids is 1. The molecule has 0 heterocycles. The van der Waals surface area contributed by atoms with Gasteiger partial charge in [0.25, 0.3) is 0 Å². The summed E-state index contributed by atoms with van der Waals surface area (Å²) in [4.78, 5) is 22.0. The maximum atomic E-state index is 13.7. The van der Waals surface area contributed by atoms with Crippen molar-refractivity contribution in [3.63, 3.8) is 0 Å².